The number of carbonyl (C=O) groups is 1. The Bertz CT molecular complexity index is 567. The van der Waals surface area contributed by atoms with Crippen molar-refractivity contribution in [2.75, 3.05) is 29.9 Å². The quantitative estimate of drug-likeness (QED) is 0.514. The Morgan fingerprint density at radius 1 is 1.32 bits per heavy atom. The van der Waals surface area contributed by atoms with E-state index in [0.717, 1.165) is 18.8 Å². The summed E-state index contributed by atoms with van der Waals surface area (Å²) in [6.45, 7) is 4.17. The number of hydrogen-bond acceptors (Lipinski definition) is 5. The van der Waals surface area contributed by atoms with Gasteiger partial charge < -0.3 is 15.0 Å². The summed E-state index contributed by atoms with van der Waals surface area (Å²) in [4.78, 5) is 13.9. The van der Waals surface area contributed by atoms with Gasteiger partial charge in [0, 0.05) is 30.7 Å². The van der Waals surface area contributed by atoms with Crippen molar-refractivity contribution in [1.82, 2.24) is 0 Å². The van der Waals surface area contributed by atoms with E-state index in [1.54, 1.807) is 6.92 Å². The van der Waals surface area contributed by atoms with Crippen LogP contribution in [0.25, 0.3) is 0 Å². The monoisotopic (exact) mass is 299 g/mol. The summed E-state index contributed by atoms with van der Waals surface area (Å²) >= 11 is 0. The Balaban J connectivity index is 1.98. The molecule has 1 N–H and O–H groups in total. The summed E-state index contributed by atoms with van der Waals surface area (Å²) in [6.07, 6.45) is 5.18. The van der Waals surface area contributed by atoms with Crippen LogP contribution in [-0.4, -0.2) is 25.7 Å². The minimum absolute atomic E-state index is 0.0399. The number of rotatable bonds is 5. The fourth-order valence-electron chi connectivity index (χ4n) is 2.42. The molecule has 0 aromatic heterocycles. The maximum atomic E-state index is 11.5. The fraction of sp³-hybridized carbons (Fsp3) is 0.412. The Morgan fingerprint density at radius 2 is 2.00 bits per heavy atom. The maximum absolute atomic E-state index is 11.5. The second-order valence-electron chi connectivity index (χ2n) is 5.13. The number of nitrogens with zero attached hydrogens (tertiary/aromatic N) is 2. The standard InChI is InChI=1S/C17H21N3O2/c1-2-22-17(21)14(12-18)13-19-15-6-8-16(9-7-15)20-10-4-3-5-11-20/h6-9,13,19H,2-5,10-11H2,1H3/b14-13+. The predicted molar refractivity (Wildman–Crippen MR) is 86.5 cm³/mol. The summed E-state index contributed by atoms with van der Waals surface area (Å²) in [6, 6.07) is 9.83. The average Bonchev–Trinajstić information content (AvgIpc) is 2.57. The highest BCUT2D eigenvalue weighted by molar-refractivity contribution is 5.93. The molecule has 5 nitrogen and oxygen atoms in total. The number of nitrogens with one attached hydrogen (secondary N) is 1. The van der Waals surface area contributed by atoms with E-state index in [1.807, 2.05) is 18.2 Å². The minimum Gasteiger partial charge on any atom is -0.462 e. The summed E-state index contributed by atoms with van der Waals surface area (Å²) < 4.78 is 4.81. The molecule has 0 atom stereocenters. The molecule has 0 amide bonds. The lowest BCUT2D eigenvalue weighted by molar-refractivity contribution is -0.138. The van der Waals surface area contributed by atoms with Crippen LogP contribution >= 0.6 is 0 Å². The molecule has 0 bridgehead atoms. The average molecular weight is 299 g/mol. The molecule has 0 saturated carbocycles. The Labute approximate surface area is 131 Å². The number of anilines is 2. The molecule has 1 saturated heterocycles. The normalized spacial score (nSPS) is 15.1. The molecule has 116 valence electrons. The van der Waals surface area contributed by atoms with Crippen LogP contribution in [0.5, 0.6) is 0 Å². The van der Waals surface area contributed by atoms with Gasteiger partial charge in [-0.2, -0.15) is 5.26 Å². The molecular formula is C17H21N3O2. The van der Waals surface area contributed by atoms with Crippen LogP contribution in [0.4, 0.5) is 11.4 Å². The van der Waals surface area contributed by atoms with Gasteiger partial charge in [0.2, 0.25) is 0 Å². The molecule has 22 heavy (non-hydrogen) atoms. The molecule has 1 fully saturated rings. The van der Waals surface area contributed by atoms with Crippen LogP contribution < -0.4 is 10.2 Å². The second-order valence-corrected chi connectivity index (χ2v) is 5.13. The van der Waals surface area contributed by atoms with E-state index < -0.39 is 5.97 Å². The van der Waals surface area contributed by atoms with Gasteiger partial charge in [-0.05, 0) is 50.5 Å². The number of esters is 1. The van der Waals surface area contributed by atoms with Crippen molar-refractivity contribution in [3.63, 3.8) is 0 Å². The Morgan fingerprint density at radius 3 is 2.59 bits per heavy atom. The molecule has 1 aromatic carbocycles. The molecule has 2 rings (SSSR count). The number of ether oxygens (including phenoxy) is 1. The van der Waals surface area contributed by atoms with Crippen LogP contribution in [0.1, 0.15) is 26.2 Å². The van der Waals surface area contributed by atoms with E-state index in [9.17, 15) is 4.79 Å². The summed E-state index contributed by atoms with van der Waals surface area (Å²) in [7, 11) is 0. The van der Waals surface area contributed by atoms with Crippen molar-refractivity contribution in [3.05, 3.63) is 36.0 Å². The Kier molecular flexibility index (Phi) is 5.84. The number of nitriles is 1. The highest BCUT2D eigenvalue weighted by Crippen LogP contribution is 2.21. The Hall–Kier alpha value is -2.48. The van der Waals surface area contributed by atoms with E-state index >= 15 is 0 Å². The molecule has 5 heteroatoms. The van der Waals surface area contributed by atoms with Crippen LogP contribution in [0.15, 0.2) is 36.0 Å². The molecule has 1 aliphatic heterocycles. The molecule has 1 aliphatic rings. The van der Waals surface area contributed by atoms with E-state index in [2.05, 4.69) is 22.3 Å². The number of hydrogen-bond donors (Lipinski definition) is 1. The first-order valence-corrected chi connectivity index (χ1v) is 7.63. The van der Waals surface area contributed by atoms with Gasteiger partial charge in [-0.15, -0.1) is 0 Å². The largest absolute Gasteiger partial charge is 0.462 e. The number of piperidine rings is 1. The van der Waals surface area contributed by atoms with E-state index in [0.29, 0.717) is 0 Å². The molecule has 1 heterocycles. The summed E-state index contributed by atoms with van der Waals surface area (Å²) in [5.74, 6) is -0.609. The van der Waals surface area contributed by atoms with Crippen molar-refractivity contribution in [2.45, 2.75) is 26.2 Å². The smallest absolute Gasteiger partial charge is 0.350 e. The van der Waals surface area contributed by atoms with Gasteiger partial charge in [-0.1, -0.05) is 0 Å². The third-order valence-electron chi connectivity index (χ3n) is 3.59. The van der Waals surface area contributed by atoms with Crippen LogP contribution in [0.2, 0.25) is 0 Å². The van der Waals surface area contributed by atoms with Crippen molar-refractivity contribution in [3.8, 4) is 6.07 Å². The number of carbonyl (C=O) groups excluding carboxylic acids is 1. The zero-order valence-corrected chi connectivity index (χ0v) is 12.8. The zero-order valence-electron chi connectivity index (χ0n) is 12.8. The van der Waals surface area contributed by atoms with E-state index in [4.69, 9.17) is 10.00 Å². The minimum atomic E-state index is -0.609. The fourth-order valence-corrected chi connectivity index (χ4v) is 2.42. The van der Waals surface area contributed by atoms with E-state index in [1.165, 1.54) is 31.1 Å². The molecular weight excluding hydrogens is 278 g/mol. The maximum Gasteiger partial charge on any atom is 0.350 e. The lowest BCUT2D eigenvalue weighted by Gasteiger charge is -2.28. The van der Waals surface area contributed by atoms with Gasteiger partial charge >= 0.3 is 5.97 Å². The molecule has 1 aromatic rings. The zero-order chi connectivity index (χ0) is 15.8. The van der Waals surface area contributed by atoms with Gasteiger partial charge in [0.05, 0.1) is 6.61 Å². The van der Waals surface area contributed by atoms with Gasteiger partial charge in [-0.3, -0.25) is 0 Å². The van der Waals surface area contributed by atoms with Crippen molar-refractivity contribution in [1.29, 1.82) is 5.26 Å². The topological polar surface area (TPSA) is 65.4 Å². The summed E-state index contributed by atoms with van der Waals surface area (Å²) in [5.41, 5.74) is 2.00. The lowest BCUT2D eigenvalue weighted by Crippen LogP contribution is -2.29. The molecule has 0 spiro atoms. The van der Waals surface area contributed by atoms with Gasteiger partial charge in [0.15, 0.2) is 5.57 Å². The van der Waals surface area contributed by atoms with Crippen LogP contribution in [0, 0.1) is 11.3 Å². The van der Waals surface area contributed by atoms with Gasteiger partial charge in [0.1, 0.15) is 6.07 Å². The van der Waals surface area contributed by atoms with Crippen molar-refractivity contribution < 1.29 is 9.53 Å². The highest BCUT2D eigenvalue weighted by Gasteiger charge is 2.11. The molecule has 0 unspecified atom stereocenters. The SMILES string of the molecule is CCOC(=O)/C(C#N)=C/Nc1ccc(N2CCCCC2)cc1. The number of benzene rings is 1. The third-order valence-corrected chi connectivity index (χ3v) is 3.59. The first-order chi connectivity index (χ1) is 10.7. The second kappa shape index (κ2) is 8.08. The first-order valence-electron chi connectivity index (χ1n) is 7.63. The molecule has 0 radical (unpaired) electrons. The summed E-state index contributed by atoms with van der Waals surface area (Å²) in [5, 5.41) is 11.9. The van der Waals surface area contributed by atoms with Crippen LogP contribution in [0.3, 0.4) is 0 Å². The van der Waals surface area contributed by atoms with Gasteiger partial charge in [0.25, 0.3) is 0 Å². The third kappa shape index (κ3) is 4.26. The highest BCUT2D eigenvalue weighted by atomic mass is 16.5. The van der Waals surface area contributed by atoms with Crippen LogP contribution in [-0.2, 0) is 9.53 Å². The van der Waals surface area contributed by atoms with Crippen molar-refractivity contribution in [2.24, 2.45) is 0 Å². The predicted octanol–water partition coefficient (Wildman–Crippen LogP) is 3.06. The lowest BCUT2D eigenvalue weighted by atomic mass is 10.1. The van der Waals surface area contributed by atoms with E-state index in [-0.39, 0.29) is 12.2 Å². The van der Waals surface area contributed by atoms with Crippen molar-refractivity contribution >= 4 is 17.3 Å². The molecule has 0 aliphatic carbocycles. The van der Waals surface area contributed by atoms with Gasteiger partial charge in [-0.25, -0.2) is 4.79 Å². The first kappa shape index (κ1) is 15.9.